The first-order valence-corrected chi connectivity index (χ1v) is 8.02. The van der Waals surface area contributed by atoms with E-state index in [1.54, 1.807) is 12.1 Å². The quantitative estimate of drug-likeness (QED) is 0.691. The SMILES string of the molecule is CCCCOc1ccc(S(=O)(=O)N(C)CCC#N)cc1. The van der Waals surface area contributed by atoms with Crippen LogP contribution in [0.5, 0.6) is 5.75 Å². The normalized spacial score (nSPS) is 11.3. The predicted molar refractivity (Wildman–Crippen MR) is 76.9 cm³/mol. The van der Waals surface area contributed by atoms with Crippen LogP contribution in [-0.4, -0.2) is 32.9 Å². The Hall–Kier alpha value is -1.58. The van der Waals surface area contributed by atoms with Crippen LogP contribution in [0.4, 0.5) is 0 Å². The number of sulfonamides is 1. The molecule has 0 bridgehead atoms. The molecule has 0 heterocycles. The summed E-state index contributed by atoms with van der Waals surface area (Å²) in [5.74, 6) is 0.664. The van der Waals surface area contributed by atoms with Gasteiger partial charge in [0, 0.05) is 20.0 Å². The number of hydrogen-bond acceptors (Lipinski definition) is 4. The smallest absolute Gasteiger partial charge is 0.242 e. The van der Waals surface area contributed by atoms with Crippen LogP contribution in [-0.2, 0) is 10.0 Å². The Bertz CT molecular complexity index is 547. The van der Waals surface area contributed by atoms with E-state index in [9.17, 15) is 8.42 Å². The van der Waals surface area contributed by atoms with Crippen molar-refractivity contribution in [1.29, 1.82) is 5.26 Å². The van der Waals surface area contributed by atoms with Crippen LogP contribution in [0.15, 0.2) is 29.2 Å². The molecule has 1 rings (SSSR count). The summed E-state index contributed by atoms with van der Waals surface area (Å²) in [6.07, 6.45) is 2.20. The van der Waals surface area contributed by atoms with Crippen LogP contribution >= 0.6 is 0 Å². The molecule has 0 atom stereocenters. The monoisotopic (exact) mass is 296 g/mol. The highest BCUT2D eigenvalue weighted by atomic mass is 32.2. The molecule has 1 aromatic carbocycles. The number of rotatable bonds is 8. The van der Waals surface area contributed by atoms with Gasteiger partial charge in [0.15, 0.2) is 0 Å². The minimum atomic E-state index is -3.53. The van der Waals surface area contributed by atoms with Gasteiger partial charge in [-0.05, 0) is 30.7 Å². The summed E-state index contributed by atoms with van der Waals surface area (Å²) in [7, 11) is -2.06. The first-order chi connectivity index (χ1) is 9.52. The van der Waals surface area contributed by atoms with E-state index in [4.69, 9.17) is 10.00 Å². The first-order valence-electron chi connectivity index (χ1n) is 6.58. The molecule has 0 aliphatic carbocycles. The van der Waals surface area contributed by atoms with Crippen molar-refractivity contribution in [2.45, 2.75) is 31.1 Å². The third-order valence-corrected chi connectivity index (χ3v) is 4.71. The highest BCUT2D eigenvalue weighted by Gasteiger charge is 2.20. The van der Waals surface area contributed by atoms with E-state index in [1.807, 2.05) is 6.07 Å². The fourth-order valence-electron chi connectivity index (χ4n) is 1.55. The molecule has 0 spiro atoms. The molecule has 0 saturated carbocycles. The number of nitrogens with zero attached hydrogens (tertiary/aromatic N) is 2. The molecule has 5 nitrogen and oxygen atoms in total. The minimum absolute atomic E-state index is 0.175. The summed E-state index contributed by atoms with van der Waals surface area (Å²) >= 11 is 0. The highest BCUT2D eigenvalue weighted by Crippen LogP contribution is 2.19. The molecule has 0 aliphatic rings. The molecule has 0 N–H and O–H groups in total. The van der Waals surface area contributed by atoms with Crippen LogP contribution in [0.25, 0.3) is 0 Å². The van der Waals surface area contributed by atoms with Gasteiger partial charge < -0.3 is 4.74 Å². The molecule has 20 heavy (non-hydrogen) atoms. The average molecular weight is 296 g/mol. The summed E-state index contributed by atoms with van der Waals surface area (Å²) in [5.41, 5.74) is 0. The van der Waals surface area contributed by atoms with Crippen molar-refractivity contribution >= 4 is 10.0 Å². The summed E-state index contributed by atoms with van der Waals surface area (Å²) in [6, 6.07) is 8.30. The zero-order chi connectivity index (χ0) is 15.0. The number of hydrogen-bond donors (Lipinski definition) is 0. The summed E-state index contributed by atoms with van der Waals surface area (Å²) in [5, 5.41) is 8.50. The van der Waals surface area contributed by atoms with Gasteiger partial charge in [0.1, 0.15) is 5.75 Å². The fraction of sp³-hybridized carbons (Fsp3) is 0.500. The van der Waals surface area contributed by atoms with Gasteiger partial charge in [-0.2, -0.15) is 9.57 Å². The maximum atomic E-state index is 12.2. The summed E-state index contributed by atoms with van der Waals surface area (Å²) < 4.78 is 31.0. The molecule has 1 aromatic rings. The van der Waals surface area contributed by atoms with Crippen molar-refractivity contribution in [2.24, 2.45) is 0 Å². The van der Waals surface area contributed by atoms with Gasteiger partial charge in [-0.25, -0.2) is 8.42 Å². The first kappa shape index (κ1) is 16.5. The fourth-order valence-corrected chi connectivity index (χ4v) is 2.72. The van der Waals surface area contributed by atoms with E-state index in [0.29, 0.717) is 12.4 Å². The van der Waals surface area contributed by atoms with Crippen molar-refractivity contribution in [3.63, 3.8) is 0 Å². The van der Waals surface area contributed by atoms with Gasteiger partial charge in [0.05, 0.1) is 17.6 Å². The van der Waals surface area contributed by atoms with Crippen LogP contribution in [0.2, 0.25) is 0 Å². The molecule has 0 saturated heterocycles. The molecule has 0 radical (unpaired) electrons. The Labute approximate surface area is 120 Å². The molecule has 110 valence electrons. The standard InChI is InChI=1S/C14H20N2O3S/c1-3-4-12-19-13-6-8-14(9-7-13)20(17,18)16(2)11-5-10-15/h6-9H,3-5,11-12H2,1-2H3. The molecule has 0 aromatic heterocycles. The van der Waals surface area contributed by atoms with Gasteiger partial charge >= 0.3 is 0 Å². The zero-order valence-corrected chi connectivity index (χ0v) is 12.7. The Morgan fingerprint density at radius 1 is 1.30 bits per heavy atom. The third-order valence-electron chi connectivity index (χ3n) is 2.84. The summed E-state index contributed by atoms with van der Waals surface area (Å²) in [6.45, 7) is 2.90. The van der Waals surface area contributed by atoms with Crippen LogP contribution in [0, 0.1) is 11.3 Å². The van der Waals surface area contributed by atoms with Gasteiger partial charge in [-0.15, -0.1) is 0 Å². The van der Waals surface area contributed by atoms with Crippen molar-refractivity contribution < 1.29 is 13.2 Å². The van der Waals surface area contributed by atoms with Gasteiger partial charge in [0.25, 0.3) is 0 Å². The number of benzene rings is 1. The molecule has 0 amide bonds. The lowest BCUT2D eigenvalue weighted by Gasteiger charge is -2.15. The Morgan fingerprint density at radius 3 is 2.50 bits per heavy atom. The molecule has 0 fully saturated rings. The Kier molecular flexibility index (Phi) is 6.49. The predicted octanol–water partition coefficient (Wildman–Crippen LogP) is 2.40. The maximum Gasteiger partial charge on any atom is 0.242 e. The molecular weight excluding hydrogens is 276 g/mol. The maximum absolute atomic E-state index is 12.2. The number of unbranched alkanes of at least 4 members (excludes halogenated alkanes) is 1. The molecular formula is C14H20N2O3S. The van der Waals surface area contributed by atoms with Gasteiger partial charge in [-0.3, -0.25) is 0 Å². The number of nitriles is 1. The lowest BCUT2D eigenvalue weighted by atomic mass is 10.3. The lowest BCUT2D eigenvalue weighted by molar-refractivity contribution is 0.309. The topological polar surface area (TPSA) is 70.4 Å². The minimum Gasteiger partial charge on any atom is -0.494 e. The van der Waals surface area contributed by atoms with Crippen molar-refractivity contribution in [1.82, 2.24) is 4.31 Å². The summed E-state index contributed by atoms with van der Waals surface area (Å²) in [4.78, 5) is 0.209. The molecule has 0 unspecified atom stereocenters. The second-order valence-electron chi connectivity index (χ2n) is 4.41. The zero-order valence-electron chi connectivity index (χ0n) is 11.9. The van der Waals surface area contributed by atoms with E-state index in [-0.39, 0.29) is 17.9 Å². The van der Waals surface area contributed by atoms with Crippen LogP contribution in [0.1, 0.15) is 26.2 Å². The van der Waals surface area contributed by atoms with E-state index in [1.165, 1.54) is 23.5 Å². The third kappa shape index (κ3) is 4.51. The van der Waals surface area contributed by atoms with E-state index >= 15 is 0 Å². The van der Waals surface area contributed by atoms with Crippen molar-refractivity contribution in [3.8, 4) is 11.8 Å². The van der Waals surface area contributed by atoms with Crippen LogP contribution in [0.3, 0.4) is 0 Å². The molecule has 0 aliphatic heterocycles. The van der Waals surface area contributed by atoms with Gasteiger partial charge in [-0.1, -0.05) is 13.3 Å². The Morgan fingerprint density at radius 2 is 1.95 bits per heavy atom. The second-order valence-corrected chi connectivity index (χ2v) is 6.45. The van der Waals surface area contributed by atoms with Gasteiger partial charge in [0.2, 0.25) is 10.0 Å². The largest absolute Gasteiger partial charge is 0.494 e. The average Bonchev–Trinajstić information content (AvgIpc) is 2.45. The van der Waals surface area contributed by atoms with Crippen molar-refractivity contribution in [2.75, 3.05) is 20.2 Å². The Balaban J connectivity index is 2.74. The van der Waals surface area contributed by atoms with E-state index < -0.39 is 10.0 Å². The van der Waals surface area contributed by atoms with E-state index in [2.05, 4.69) is 6.92 Å². The second kappa shape index (κ2) is 7.88. The molecule has 6 heteroatoms. The van der Waals surface area contributed by atoms with Crippen LogP contribution < -0.4 is 4.74 Å². The number of ether oxygens (including phenoxy) is 1. The van der Waals surface area contributed by atoms with E-state index in [0.717, 1.165) is 12.8 Å². The van der Waals surface area contributed by atoms with Crippen molar-refractivity contribution in [3.05, 3.63) is 24.3 Å². The highest BCUT2D eigenvalue weighted by molar-refractivity contribution is 7.89. The lowest BCUT2D eigenvalue weighted by Crippen LogP contribution is -2.27.